The van der Waals surface area contributed by atoms with Crippen molar-refractivity contribution < 1.29 is 5.11 Å². The summed E-state index contributed by atoms with van der Waals surface area (Å²) < 4.78 is 0. The first-order valence-corrected chi connectivity index (χ1v) is 12.7. The molecule has 1 aromatic rings. The minimum absolute atomic E-state index is 0.0914. The summed E-state index contributed by atoms with van der Waals surface area (Å²) >= 11 is 0. The highest BCUT2D eigenvalue weighted by Crippen LogP contribution is 2.67. The van der Waals surface area contributed by atoms with Crippen molar-refractivity contribution in [2.75, 3.05) is 0 Å². The van der Waals surface area contributed by atoms with Crippen LogP contribution < -0.4 is 0 Å². The van der Waals surface area contributed by atoms with Crippen molar-refractivity contribution >= 4 is 0 Å². The molecule has 30 heavy (non-hydrogen) atoms. The van der Waals surface area contributed by atoms with E-state index in [1.807, 2.05) is 12.4 Å². The predicted octanol–water partition coefficient (Wildman–Crippen LogP) is 6.59. The highest BCUT2D eigenvalue weighted by Gasteiger charge is 2.59. The fraction of sp³-hybridized carbons (Fsp3) is 0.750. The second-order valence-corrected chi connectivity index (χ2v) is 11.8. The Labute approximate surface area is 183 Å². The Morgan fingerprint density at radius 2 is 2.00 bits per heavy atom. The summed E-state index contributed by atoms with van der Waals surface area (Å²) in [7, 11) is 0. The normalized spacial score (nSPS) is 43.9. The molecule has 2 nitrogen and oxygen atoms in total. The Morgan fingerprint density at radius 1 is 1.13 bits per heavy atom. The van der Waals surface area contributed by atoms with E-state index in [4.69, 9.17) is 0 Å². The summed E-state index contributed by atoms with van der Waals surface area (Å²) in [4.78, 5) is 4.31. The Kier molecular flexibility index (Phi) is 5.37. The molecule has 0 aliphatic heterocycles. The van der Waals surface area contributed by atoms with Crippen molar-refractivity contribution in [1.29, 1.82) is 0 Å². The van der Waals surface area contributed by atoms with Gasteiger partial charge in [0, 0.05) is 12.4 Å². The molecule has 0 spiro atoms. The van der Waals surface area contributed by atoms with Gasteiger partial charge in [-0.05, 0) is 116 Å². The number of fused-ring (bicyclic) bond motifs is 5. The highest BCUT2D eigenvalue weighted by atomic mass is 16.3. The first kappa shape index (κ1) is 20.7. The minimum atomic E-state index is -0.0914. The fourth-order valence-corrected chi connectivity index (χ4v) is 8.76. The SMILES string of the molecule is C[C@H](CCc1cccnc1)[C@H]1CC[C@H]2[C@@H]3CC=C4C[C@@H](O)CC[C@]4(C)[C@H]3CC[C@]12C. The second kappa shape index (κ2) is 7.76. The zero-order valence-electron chi connectivity index (χ0n) is 19.3. The molecule has 4 aliphatic rings. The van der Waals surface area contributed by atoms with Gasteiger partial charge < -0.3 is 5.11 Å². The largest absolute Gasteiger partial charge is 0.393 e. The minimum Gasteiger partial charge on any atom is -0.393 e. The van der Waals surface area contributed by atoms with Crippen LogP contribution in [-0.4, -0.2) is 16.2 Å². The maximum absolute atomic E-state index is 10.2. The van der Waals surface area contributed by atoms with Gasteiger partial charge >= 0.3 is 0 Å². The second-order valence-electron chi connectivity index (χ2n) is 11.8. The smallest absolute Gasteiger partial charge is 0.0577 e. The molecule has 8 atom stereocenters. The predicted molar refractivity (Wildman–Crippen MR) is 123 cm³/mol. The number of allylic oxidation sites excluding steroid dienone is 1. The molecule has 1 N–H and O–H groups in total. The average molecular weight is 408 g/mol. The van der Waals surface area contributed by atoms with E-state index in [9.17, 15) is 5.11 Å². The van der Waals surface area contributed by atoms with Crippen molar-refractivity contribution in [2.24, 2.45) is 40.4 Å². The van der Waals surface area contributed by atoms with Crippen LogP contribution in [0, 0.1) is 40.4 Å². The Bertz CT molecular complexity index is 787. The number of hydrogen-bond acceptors (Lipinski definition) is 2. The molecule has 3 fully saturated rings. The number of aliphatic hydroxyl groups is 1. The van der Waals surface area contributed by atoms with E-state index in [0.29, 0.717) is 10.8 Å². The van der Waals surface area contributed by atoms with Crippen molar-refractivity contribution in [3.05, 3.63) is 41.7 Å². The zero-order valence-corrected chi connectivity index (χ0v) is 19.3. The average Bonchev–Trinajstić information content (AvgIpc) is 3.10. The van der Waals surface area contributed by atoms with Crippen LogP contribution >= 0.6 is 0 Å². The maximum atomic E-state index is 10.2. The number of aromatic nitrogens is 1. The summed E-state index contributed by atoms with van der Waals surface area (Å²) in [5.41, 5.74) is 3.90. The topological polar surface area (TPSA) is 33.1 Å². The summed E-state index contributed by atoms with van der Waals surface area (Å²) in [6, 6.07) is 4.31. The van der Waals surface area contributed by atoms with Gasteiger partial charge in [-0.3, -0.25) is 4.98 Å². The molecule has 0 bridgehead atoms. The molecular weight excluding hydrogens is 366 g/mol. The molecule has 3 saturated carbocycles. The van der Waals surface area contributed by atoms with Gasteiger partial charge in [-0.2, -0.15) is 0 Å². The van der Waals surface area contributed by atoms with E-state index in [1.54, 1.807) is 5.57 Å². The summed E-state index contributed by atoms with van der Waals surface area (Å²) in [5.74, 6) is 4.32. The van der Waals surface area contributed by atoms with Gasteiger partial charge in [-0.1, -0.05) is 38.5 Å². The van der Waals surface area contributed by atoms with Crippen LogP contribution in [0.2, 0.25) is 0 Å². The van der Waals surface area contributed by atoms with Gasteiger partial charge in [-0.15, -0.1) is 0 Å². The third kappa shape index (κ3) is 3.29. The monoisotopic (exact) mass is 407 g/mol. The van der Waals surface area contributed by atoms with Gasteiger partial charge in [0.25, 0.3) is 0 Å². The van der Waals surface area contributed by atoms with Crippen molar-refractivity contribution in [1.82, 2.24) is 4.98 Å². The molecule has 0 radical (unpaired) electrons. The van der Waals surface area contributed by atoms with Crippen LogP contribution in [0.4, 0.5) is 0 Å². The third-order valence-electron chi connectivity index (χ3n) is 10.4. The summed E-state index contributed by atoms with van der Waals surface area (Å²) in [6.45, 7) is 7.74. The number of aliphatic hydroxyl groups excluding tert-OH is 1. The van der Waals surface area contributed by atoms with E-state index in [0.717, 1.165) is 42.4 Å². The van der Waals surface area contributed by atoms with Gasteiger partial charge in [-0.25, -0.2) is 0 Å². The molecule has 0 saturated heterocycles. The molecule has 0 amide bonds. The molecule has 0 aromatic carbocycles. The van der Waals surface area contributed by atoms with E-state index in [2.05, 4.69) is 44.0 Å². The lowest BCUT2D eigenvalue weighted by Crippen LogP contribution is -2.50. The van der Waals surface area contributed by atoms with Crippen LogP contribution in [0.3, 0.4) is 0 Å². The van der Waals surface area contributed by atoms with Crippen LogP contribution in [0.1, 0.15) is 84.1 Å². The van der Waals surface area contributed by atoms with Crippen molar-refractivity contribution in [2.45, 2.75) is 91.1 Å². The van der Waals surface area contributed by atoms with Gasteiger partial charge in [0.2, 0.25) is 0 Å². The van der Waals surface area contributed by atoms with Crippen molar-refractivity contribution in [3.63, 3.8) is 0 Å². The maximum Gasteiger partial charge on any atom is 0.0577 e. The molecule has 5 rings (SSSR count). The molecule has 0 unspecified atom stereocenters. The fourth-order valence-electron chi connectivity index (χ4n) is 8.76. The Hall–Kier alpha value is -1.15. The van der Waals surface area contributed by atoms with Crippen LogP contribution in [0.25, 0.3) is 0 Å². The van der Waals surface area contributed by atoms with Gasteiger partial charge in [0.15, 0.2) is 0 Å². The van der Waals surface area contributed by atoms with E-state index >= 15 is 0 Å². The Morgan fingerprint density at radius 3 is 2.80 bits per heavy atom. The molecule has 1 heterocycles. The standard InChI is InChI=1S/C28H41NO/c1-19(6-7-20-5-4-16-29-18-20)24-10-11-25-23-9-8-21-17-22(30)12-14-27(21,2)26(23)13-15-28(24,25)3/h4-5,8,16,18-19,22-26,30H,6-7,9-15,17H2,1-3H3/t19-,22+,23+,24-,25+,26+,27+,28-/m1/s1. The first-order chi connectivity index (χ1) is 14.4. The number of pyridine rings is 1. The highest BCUT2D eigenvalue weighted by molar-refractivity contribution is 5.25. The van der Waals surface area contributed by atoms with Crippen LogP contribution in [0.15, 0.2) is 36.2 Å². The molecule has 164 valence electrons. The molecular formula is C28H41NO. The lowest BCUT2D eigenvalue weighted by molar-refractivity contribution is -0.0571. The zero-order chi connectivity index (χ0) is 20.9. The van der Waals surface area contributed by atoms with Gasteiger partial charge in [0.1, 0.15) is 0 Å². The third-order valence-corrected chi connectivity index (χ3v) is 10.4. The lowest BCUT2D eigenvalue weighted by Gasteiger charge is -2.58. The summed E-state index contributed by atoms with van der Waals surface area (Å²) in [5, 5.41) is 10.2. The Balaban J connectivity index is 1.31. The summed E-state index contributed by atoms with van der Waals surface area (Å²) in [6.07, 6.45) is 19.0. The molecule has 1 aromatic heterocycles. The number of nitrogens with zero attached hydrogens (tertiary/aromatic N) is 1. The van der Waals surface area contributed by atoms with Crippen LogP contribution in [0.5, 0.6) is 0 Å². The van der Waals surface area contributed by atoms with E-state index in [1.165, 1.54) is 56.9 Å². The number of aryl methyl sites for hydroxylation is 1. The molecule has 4 aliphatic carbocycles. The van der Waals surface area contributed by atoms with E-state index in [-0.39, 0.29) is 6.10 Å². The quantitative estimate of drug-likeness (QED) is 0.571. The number of hydrogen-bond donors (Lipinski definition) is 1. The van der Waals surface area contributed by atoms with Gasteiger partial charge in [0.05, 0.1) is 6.10 Å². The number of rotatable bonds is 4. The van der Waals surface area contributed by atoms with Crippen LogP contribution in [-0.2, 0) is 6.42 Å². The van der Waals surface area contributed by atoms with Crippen molar-refractivity contribution in [3.8, 4) is 0 Å². The lowest BCUT2D eigenvalue weighted by atomic mass is 9.47. The first-order valence-electron chi connectivity index (χ1n) is 12.7. The molecule has 2 heteroatoms. The van der Waals surface area contributed by atoms with E-state index < -0.39 is 0 Å².